The molecule has 2 atom stereocenters. The molecule has 7 heteroatoms. The third kappa shape index (κ3) is 3.91. The van der Waals surface area contributed by atoms with Gasteiger partial charge in [-0.15, -0.1) is 0 Å². The van der Waals surface area contributed by atoms with E-state index in [1.165, 1.54) is 12.1 Å². The fourth-order valence-corrected chi connectivity index (χ4v) is 3.80. The molecule has 1 amide bonds. The molecule has 3 rings (SSSR count). The Morgan fingerprint density at radius 2 is 1.72 bits per heavy atom. The number of amides is 1. The van der Waals surface area contributed by atoms with Crippen molar-refractivity contribution in [3.05, 3.63) is 29.8 Å². The van der Waals surface area contributed by atoms with Crippen LogP contribution in [-0.4, -0.2) is 48.1 Å². The molecule has 1 saturated carbocycles. The molecule has 2 aliphatic rings. The molecule has 1 N–H and O–H groups in total. The molecule has 1 aromatic rings. The fraction of sp³-hybridized carbons (Fsp3) is 0.556. The monoisotopic (exact) mass is 352 g/mol. The minimum Gasteiger partial charge on any atom is -0.481 e. The Hall–Kier alpha value is -2.18. The number of carboxylic acids is 1. The van der Waals surface area contributed by atoms with Crippen molar-refractivity contribution in [3.8, 4) is 0 Å². The van der Waals surface area contributed by atoms with Gasteiger partial charge < -0.3 is 14.9 Å². The summed E-state index contributed by atoms with van der Waals surface area (Å²) in [6, 6.07) is 3.51. The van der Waals surface area contributed by atoms with Gasteiger partial charge in [-0.3, -0.25) is 9.59 Å². The molecule has 2 fully saturated rings. The van der Waals surface area contributed by atoms with E-state index < -0.39 is 23.5 Å². The van der Waals surface area contributed by atoms with Crippen LogP contribution in [0.25, 0.3) is 0 Å². The molecule has 1 aromatic carbocycles. The second-order valence-electron chi connectivity index (χ2n) is 6.81. The fourth-order valence-electron chi connectivity index (χ4n) is 3.80. The Labute approximate surface area is 145 Å². The van der Waals surface area contributed by atoms with Gasteiger partial charge in [0.05, 0.1) is 11.6 Å². The van der Waals surface area contributed by atoms with Gasteiger partial charge in [0, 0.05) is 38.2 Å². The molecule has 0 aromatic heterocycles. The standard InChI is InChI=1S/C18H22F2N2O3/c19-14-4-5-16(15(20)11-14)21-6-8-22(9-7-21)17(23)12-2-1-3-13(10-12)18(24)25/h4-5,11-13H,1-3,6-10H2,(H,24,25)/t12-,13+/m1/s1. The summed E-state index contributed by atoms with van der Waals surface area (Å²) in [7, 11) is 0. The highest BCUT2D eigenvalue weighted by molar-refractivity contribution is 5.80. The Morgan fingerprint density at radius 3 is 2.36 bits per heavy atom. The van der Waals surface area contributed by atoms with Gasteiger partial charge in [-0.25, -0.2) is 8.78 Å². The number of carbonyl (C=O) groups is 2. The second kappa shape index (κ2) is 7.37. The molecule has 0 bridgehead atoms. The number of aliphatic carboxylic acids is 1. The number of piperazine rings is 1. The van der Waals surface area contributed by atoms with Crippen molar-refractivity contribution >= 4 is 17.6 Å². The Kier molecular flexibility index (Phi) is 5.20. The Bertz CT molecular complexity index is 660. The Morgan fingerprint density at radius 1 is 1.04 bits per heavy atom. The third-order valence-electron chi connectivity index (χ3n) is 5.21. The number of benzene rings is 1. The predicted molar refractivity (Wildman–Crippen MR) is 88.2 cm³/mol. The minimum absolute atomic E-state index is 0.00479. The lowest BCUT2D eigenvalue weighted by molar-refractivity contribution is -0.145. The van der Waals surface area contributed by atoms with Gasteiger partial charge in [-0.2, -0.15) is 0 Å². The SMILES string of the molecule is O=C(O)[C@H]1CCC[C@@H](C(=O)N2CCN(c3ccc(F)cc3F)CC2)C1. The van der Waals surface area contributed by atoms with E-state index in [4.69, 9.17) is 5.11 Å². The summed E-state index contributed by atoms with van der Waals surface area (Å²) >= 11 is 0. The Balaban J connectivity index is 1.58. The van der Waals surface area contributed by atoms with Crippen molar-refractivity contribution in [1.29, 1.82) is 0 Å². The minimum atomic E-state index is -0.825. The van der Waals surface area contributed by atoms with Gasteiger partial charge in [0.25, 0.3) is 0 Å². The van der Waals surface area contributed by atoms with Gasteiger partial charge in [-0.05, 0) is 31.4 Å². The van der Waals surface area contributed by atoms with E-state index in [0.717, 1.165) is 18.9 Å². The summed E-state index contributed by atoms with van der Waals surface area (Å²) in [6.45, 7) is 1.88. The van der Waals surface area contributed by atoms with Crippen LogP contribution in [0.5, 0.6) is 0 Å². The van der Waals surface area contributed by atoms with Crippen LogP contribution in [0.2, 0.25) is 0 Å². The van der Waals surface area contributed by atoms with Crippen LogP contribution in [0, 0.1) is 23.5 Å². The van der Waals surface area contributed by atoms with Crippen LogP contribution < -0.4 is 4.90 Å². The number of carbonyl (C=O) groups excluding carboxylic acids is 1. The molecule has 25 heavy (non-hydrogen) atoms. The zero-order valence-electron chi connectivity index (χ0n) is 14.0. The van der Waals surface area contributed by atoms with Crippen LogP contribution in [0.1, 0.15) is 25.7 Å². The molecule has 1 aliphatic carbocycles. The number of nitrogens with zero attached hydrogens (tertiary/aromatic N) is 2. The van der Waals surface area contributed by atoms with E-state index in [1.807, 2.05) is 0 Å². The van der Waals surface area contributed by atoms with Crippen molar-refractivity contribution in [3.63, 3.8) is 0 Å². The molecule has 5 nitrogen and oxygen atoms in total. The van der Waals surface area contributed by atoms with E-state index in [1.54, 1.807) is 9.80 Å². The smallest absolute Gasteiger partial charge is 0.306 e. The normalized spacial score (nSPS) is 24.2. The first-order valence-corrected chi connectivity index (χ1v) is 8.67. The zero-order chi connectivity index (χ0) is 18.0. The summed E-state index contributed by atoms with van der Waals surface area (Å²) in [5.74, 6) is -2.70. The van der Waals surface area contributed by atoms with E-state index >= 15 is 0 Å². The van der Waals surface area contributed by atoms with Gasteiger partial charge in [-0.1, -0.05) is 6.42 Å². The average Bonchev–Trinajstić information content (AvgIpc) is 2.61. The van der Waals surface area contributed by atoms with Gasteiger partial charge in [0.15, 0.2) is 0 Å². The zero-order valence-corrected chi connectivity index (χ0v) is 14.0. The lowest BCUT2D eigenvalue weighted by Crippen LogP contribution is -2.51. The highest BCUT2D eigenvalue weighted by Gasteiger charge is 2.34. The van der Waals surface area contributed by atoms with E-state index in [2.05, 4.69) is 0 Å². The average molecular weight is 352 g/mol. The van der Waals surface area contributed by atoms with Crippen LogP contribution in [0.3, 0.4) is 0 Å². The molecule has 136 valence electrons. The number of carboxylic acid groups (broad SMARTS) is 1. The van der Waals surface area contributed by atoms with Crippen molar-refractivity contribution < 1.29 is 23.5 Å². The van der Waals surface area contributed by atoms with Gasteiger partial charge >= 0.3 is 5.97 Å². The number of hydrogen-bond donors (Lipinski definition) is 1. The van der Waals surface area contributed by atoms with Crippen LogP contribution in [0.4, 0.5) is 14.5 Å². The summed E-state index contributed by atoms with van der Waals surface area (Å²) < 4.78 is 26.9. The van der Waals surface area contributed by atoms with Crippen LogP contribution >= 0.6 is 0 Å². The molecule has 0 spiro atoms. The van der Waals surface area contributed by atoms with Crippen molar-refractivity contribution in [2.24, 2.45) is 11.8 Å². The molecule has 1 aliphatic heterocycles. The van der Waals surface area contributed by atoms with E-state index in [0.29, 0.717) is 44.7 Å². The summed E-state index contributed by atoms with van der Waals surface area (Å²) in [4.78, 5) is 27.4. The topological polar surface area (TPSA) is 60.9 Å². The van der Waals surface area contributed by atoms with Gasteiger partial charge in [0.2, 0.25) is 5.91 Å². The van der Waals surface area contributed by atoms with Crippen molar-refractivity contribution in [2.75, 3.05) is 31.1 Å². The molecule has 1 heterocycles. The third-order valence-corrected chi connectivity index (χ3v) is 5.21. The number of rotatable bonds is 3. The highest BCUT2D eigenvalue weighted by atomic mass is 19.1. The highest BCUT2D eigenvalue weighted by Crippen LogP contribution is 2.31. The largest absolute Gasteiger partial charge is 0.481 e. The lowest BCUT2D eigenvalue weighted by atomic mass is 9.80. The van der Waals surface area contributed by atoms with Gasteiger partial charge in [0.1, 0.15) is 11.6 Å². The van der Waals surface area contributed by atoms with Crippen molar-refractivity contribution in [2.45, 2.75) is 25.7 Å². The van der Waals surface area contributed by atoms with E-state index in [-0.39, 0.29) is 11.8 Å². The lowest BCUT2D eigenvalue weighted by Gasteiger charge is -2.38. The number of anilines is 1. The molecular formula is C18H22F2N2O3. The first-order chi connectivity index (χ1) is 12.0. The summed E-state index contributed by atoms with van der Waals surface area (Å²) in [6.07, 6.45) is 2.53. The quantitative estimate of drug-likeness (QED) is 0.908. The van der Waals surface area contributed by atoms with E-state index in [9.17, 15) is 18.4 Å². The maximum absolute atomic E-state index is 13.9. The number of halogens is 2. The molecule has 0 unspecified atom stereocenters. The molecular weight excluding hydrogens is 330 g/mol. The summed E-state index contributed by atoms with van der Waals surface area (Å²) in [5, 5.41) is 9.16. The first-order valence-electron chi connectivity index (χ1n) is 8.67. The number of hydrogen-bond acceptors (Lipinski definition) is 3. The maximum Gasteiger partial charge on any atom is 0.306 e. The molecule has 0 radical (unpaired) electrons. The van der Waals surface area contributed by atoms with Crippen LogP contribution in [-0.2, 0) is 9.59 Å². The first kappa shape index (κ1) is 17.6. The predicted octanol–water partition coefficient (Wildman–Crippen LogP) is 2.50. The second-order valence-corrected chi connectivity index (χ2v) is 6.81. The summed E-state index contributed by atoms with van der Waals surface area (Å²) in [5.41, 5.74) is 0.345. The van der Waals surface area contributed by atoms with Crippen molar-refractivity contribution in [1.82, 2.24) is 4.90 Å². The maximum atomic E-state index is 13.9. The van der Waals surface area contributed by atoms with Crippen LogP contribution in [0.15, 0.2) is 18.2 Å². The molecule has 1 saturated heterocycles.